The number of methoxy groups -OCH3 is 2. The Morgan fingerprint density at radius 2 is 1.85 bits per heavy atom. The zero-order chi connectivity index (χ0) is 23.7. The molecule has 0 radical (unpaired) electrons. The maximum atomic E-state index is 12.2. The lowest BCUT2D eigenvalue weighted by atomic mass is 10.00. The molecule has 0 saturated carbocycles. The number of halogens is 1. The summed E-state index contributed by atoms with van der Waals surface area (Å²) in [5.41, 5.74) is 1.26. The molecule has 0 spiro atoms. The van der Waals surface area contributed by atoms with Crippen LogP contribution in [0.25, 0.3) is 0 Å². The van der Waals surface area contributed by atoms with E-state index >= 15 is 0 Å². The molecule has 34 heavy (non-hydrogen) atoms. The zero-order valence-electron chi connectivity index (χ0n) is 20.7. The molecule has 1 atom stereocenters. The average Bonchev–Trinajstić information content (AvgIpc) is 3.35. The van der Waals surface area contributed by atoms with Crippen LogP contribution in [0.5, 0.6) is 11.5 Å². The number of unbranched alkanes of at least 4 members (excludes halogenated alkanes) is 3. The Hall–Kier alpha value is -2.39. The predicted molar refractivity (Wildman–Crippen MR) is 134 cm³/mol. The number of aromatic nitrogens is 4. The fourth-order valence-electron chi connectivity index (χ4n) is 3.56. The van der Waals surface area contributed by atoms with Crippen LogP contribution in [-0.4, -0.2) is 60.5 Å². The third-order valence-electron chi connectivity index (χ3n) is 5.54. The van der Waals surface area contributed by atoms with E-state index in [4.69, 9.17) is 14.2 Å². The van der Waals surface area contributed by atoms with Gasteiger partial charge in [0.2, 0.25) is 5.91 Å². The molecule has 0 bridgehead atoms. The first-order chi connectivity index (χ1) is 16.1. The van der Waals surface area contributed by atoms with E-state index in [2.05, 4.69) is 38.1 Å². The molecule has 0 aliphatic rings. The van der Waals surface area contributed by atoms with Gasteiger partial charge in [-0.2, -0.15) is 5.21 Å². The number of amides is 1. The lowest BCUT2D eigenvalue weighted by Crippen LogP contribution is -2.30. The highest BCUT2D eigenvalue weighted by Crippen LogP contribution is 2.29. The molecule has 0 aliphatic carbocycles. The average molecular weight is 498 g/mol. The molecular weight excluding hydrogens is 458 g/mol. The fraction of sp³-hybridized carbons (Fsp3) is 0.667. The van der Waals surface area contributed by atoms with Crippen molar-refractivity contribution in [3.05, 3.63) is 29.6 Å². The van der Waals surface area contributed by atoms with Crippen LogP contribution in [0.3, 0.4) is 0 Å². The first-order valence-electron chi connectivity index (χ1n) is 11.9. The van der Waals surface area contributed by atoms with Gasteiger partial charge in [-0.15, -0.1) is 22.6 Å². The highest BCUT2D eigenvalue weighted by molar-refractivity contribution is 5.85. The summed E-state index contributed by atoms with van der Waals surface area (Å²) in [7, 11) is 3.35. The van der Waals surface area contributed by atoms with Gasteiger partial charge < -0.3 is 19.5 Å². The quantitative estimate of drug-likeness (QED) is 0.300. The second-order valence-corrected chi connectivity index (χ2v) is 8.26. The summed E-state index contributed by atoms with van der Waals surface area (Å²) in [6.07, 6.45) is 8.75. The van der Waals surface area contributed by atoms with Gasteiger partial charge in [-0.1, -0.05) is 37.5 Å². The third kappa shape index (κ3) is 11.7. The molecule has 0 aliphatic heterocycles. The summed E-state index contributed by atoms with van der Waals surface area (Å²) < 4.78 is 16.3. The maximum Gasteiger partial charge on any atom is 0.222 e. The van der Waals surface area contributed by atoms with Gasteiger partial charge in [0.25, 0.3) is 0 Å². The Labute approximate surface area is 209 Å². The number of benzene rings is 1. The molecule has 1 amide bonds. The van der Waals surface area contributed by atoms with Crippen molar-refractivity contribution in [3.8, 4) is 11.5 Å². The van der Waals surface area contributed by atoms with Crippen molar-refractivity contribution in [2.75, 3.05) is 34.0 Å². The van der Waals surface area contributed by atoms with E-state index in [-0.39, 0.29) is 24.2 Å². The van der Waals surface area contributed by atoms with Crippen LogP contribution < -0.4 is 14.8 Å². The Balaban J connectivity index is 0.00000578. The van der Waals surface area contributed by atoms with Crippen molar-refractivity contribution in [1.29, 1.82) is 0 Å². The van der Waals surface area contributed by atoms with Gasteiger partial charge in [-0.05, 0) is 43.4 Å². The number of aromatic amines is 1. The number of aryl methyl sites for hydroxylation is 2. The molecular formula is C24H40ClN5O4. The van der Waals surface area contributed by atoms with Gasteiger partial charge in [-0.3, -0.25) is 4.79 Å². The number of tetrazole rings is 1. The Morgan fingerprint density at radius 1 is 1.03 bits per heavy atom. The van der Waals surface area contributed by atoms with Crippen molar-refractivity contribution in [1.82, 2.24) is 25.9 Å². The minimum atomic E-state index is 0. The number of carbonyl (C=O) groups is 1. The zero-order valence-corrected chi connectivity index (χ0v) is 21.5. The van der Waals surface area contributed by atoms with Crippen molar-refractivity contribution >= 4 is 18.3 Å². The summed E-state index contributed by atoms with van der Waals surface area (Å²) in [5.74, 6) is 2.40. The number of nitrogens with zero attached hydrogens (tertiary/aromatic N) is 3. The lowest BCUT2D eigenvalue weighted by molar-refractivity contribution is -0.124. The minimum absolute atomic E-state index is 0. The van der Waals surface area contributed by atoms with E-state index in [1.54, 1.807) is 14.2 Å². The maximum absolute atomic E-state index is 12.2. The van der Waals surface area contributed by atoms with Gasteiger partial charge in [0.05, 0.1) is 13.7 Å². The van der Waals surface area contributed by atoms with Gasteiger partial charge in [0, 0.05) is 39.0 Å². The van der Waals surface area contributed by atoms with Gasteiger partial charge >= 0.3 is 0 Å². The summed E-state index contributed by atoms with van der Waals surface area (Å²) in [5, 5.41) is 16.8. The molecule has 2 aromatic rings. The van der Waals surface area contributed by atoms with Gasteiger partial charge in [0.1, 0.15) is 0 Å². The van der Waals surface area contributed by atoms with E-state index in [0.717, 1.165) is 62.9 Å². The Kier molecular flexibility index (Phi) is 15.7. The number of nitrogens with one attached hydrogen (secondary N) is 2. The SMILES string of the molecule is COCCCOc1cc(CCCCCC[C@@H](C)C(=O)NCCCc2nn[nH]n2)ccc1OC.Cl. The molecule has 0 saturated heterocycles. The Bertz CT molecular complexity index is 792. The van der Waals surface area contributed by atoms with Crippen LogP contribution in [0.1, 0.15) is 63.3 Å². The monoisotopic (exact) mass is 497 g/mol. The van der Waals surface area contributed by atoms with Crippen molar-refractivity contribution in [2.45, 2.75) is 64.7 Å². The number of carbonyl (C=O) groups excluding carboxylic acids is 1. The molecule has 192 valence electrons. The van der Waals surface area contributed by atoms with Gasteiger partial charge in [0.15, 0.2) is 17.3 Å². The van der Waals surface area contributed by atoms with Crippen LogP contribution in [0.4, 0.5) is 0 Å². The summed E-state index contributed by atoms with van der Waals surface area (Å²) in [4.78, 5) is 12.2. The Morgan fingerprint density at radius 3 is 2.59 bits per heavy atom. The van der Waals surface area contributed by atoms with Crippen LogP contribution in [-0.2, 0) is 22.4 Å². The molecule has 2 rings (SSSR count). The largest absolute Gasteiger partial charge is 0.493 e. The van der Waals surface area contributed by atoms with Gasteiger partial charge in [-0.25, -0.2) is 0 Å². The molecule has 1 aromatic carbocycles. The summed E-state index contributed by atoms with van der Waals surface area (Å²) in [6, 6.07) is 6.16. The van der Waals surface area contributed by atoms with Crippen LogP contribution in [0, 0.1) is 5.92 Å². The molecule has 0 fully saturated rings. The molecule has 2 N–H and O–H groups in total. The summed E-state index contributed by atoms with van der Waals surface area (Å²) in [6.45, 7) is 3.93. The van der Waals surface area contributed by atoms with Crippen molar-refractivity contribution in [3.63, 3.8) is 0 Å². The first kappa shape index (κ1) is 29.6. The normalized spacial score (nSPS) is 11.5. The highest BCUT2D eigenvalue weighted by atomic mass is 35.5. The third-order valence-corrected chi connectivity index (χ3v) is 5.54. The number of H-pyrrole nitrogens is 1. The number of hydrogen-bond acceptors (Lipinski definition) is 7. The summed E-state index contributed by atoms with van der Waals surface area (Å²) >= 11 is 0. The van der Waals surface area contributed by atoms with Crippen LogP contribution in [0.2, 0.25) is 0 Å². The number of rotatable bonds is 18. The lowest BCUT2D eigenvalue weighted by Gasteiger charge is -2.13. The van der Waals surface area contributed by atoms with Crippen LogP contribution in [0.15, 0.2) is 18.2 Å². The smallest absolute Gasteiger partial charge is 0.222 e. The number of hydrogen-bond donors (Lipinski definition) is 2. The fourth-order valence-corrected chi connectivity index (χ4v) is 3.56. The standard InChI is InChI=1S/C24H39N5O4.ClH/c1-19(24(30)25-15-8-12-23-26-28-29-27-23)10-6-4-5-7-11-20-13-14-21(32-3)22(18-20)33-17-9-16-31-2;/h13-14,18-19H,4-12,15-17H2,1-3H3,(H,25,30)(H,26,27,28,29);1H/t19-;/m1./s1. The molecule has 0 unspecified atom stereocenters. The molecule has 9 nitrogen and oxygen atoms in total. The van der Waals surface area contributed by atoms with E-state index in [1.807, 2.05) is 13.0 Å². The predicted octanol–water partition coefficient (Wildman–Crippen LogP) is 3.92. The second-order valence-electron chi connectivity index (χ2n) is 8.26. The molecule has 10 heteroatoms. The van der Waals surface area contributed by atoms with Crippen molar-refractivity contribution in [2.24, 2.45) is 5.92 Å². The topological polar surface area (TPSA) is 111 Å². The van der Waals surface area contributed by atoms with Crippen molar-refractivity contribution < 1.29 is 19.0 Å². The number of ether oxygens (including phenoxy) is 3. The highest BCUT2D eigenvalue weighted by Gasteiger charge is 2.12. The van der Waals surface area contributed by atoms with E-state index in [0.29, 0.717) is 32.0 Å². The second kappa shape index (κ2) is 18.0. The van der Waals surface area contributed by atoms with E-state index in [1.165, 1.54) is 5.56 Å². The molecule has 1 aromatic heterocycles. The van der Waals surface area contributed by atoms with E-state index in [9.17, 15) is 4.79 Å². The minimum Gasteiger partial charge on any atom is -0.493 e. The van der Waals surface area contributed by atoms with Crippen LogP contribution >= 0.6 is 12.4 Å². The first-order valence-corrected chi connectivity index (χ1v) is 11.9. The molecule has 1 heterocycles. The van der Waals surface area contributed by atoms with E-state index < -0.39 is 0 Å².